The number of pyridine rings is 1. The first-order chi connectivity index (χ1) is 18.0. The molecule has 2 aliphatic rings. The van der Waals surface area contributed by atoms with Gasteiger partial charge in [-0.05, 0) is 96.4 Å². The Kier molecular flexibility index (Phi) is 6.03. The molecule has 4 aromatic heterocycles. The molecule has 2 fully saturated rings. The largest absolute Gasteiger partial charge is 0.443 e. The average molecular weight is 536 g/mol. The van der Waals surface area contributed by atoms with Crippen LogP contribution in [-0.4, -0.2) is 47.5 Å². The Bertz CT molecular complexity index is 1520. The van der Waals surface area contributed by atoms with E-state index >= 15 is 0 Å². The van der Waals surface area contributed by atoms with Crippen LogP contribution in [0.4, 0.5) is 4.79 Å². The molecule has 1 aliphatic heterocycles. The third-order valence-electron chi connectivity index (χ3n) is 7.95. The minimum atomic E-state index is -0.586. The molecular formula is C29H34ClN5O3. The zero-order chi connectivity index (χ0) is 26.8. The molecule has 0 aromatic carbocycles. The van der Waals surface area contributed by atoms with E-state index in [1.54, 1.807) is 10.8 Å². The maximum absolute atomic E-state index is 13.2. The van der Waals surface area contributed by atoms with Gasteiger partial charge < -0.3 is 14.0 Å². The molecule has 5 heterocycles. The number of carbonyl (C=O) groups excluding carboxylic acids is 1. The van der Waals surface area contributed by atoms with Gasteiger partial charge in [0, 0.05) is 18.1 Å². The topological polar surface area (TPSA) is 84.1 Å². The smallest absolute Gasteiger partial charge is 0.419 e. The highest BCUT2D eigenvalue weighted by Crippen LogP contribution is 2.53. The first-order valence-electron chi connectivity index (χ1n) is 13.3. The minimum absolute atomic E-state index is 0.0951. The summed E-state index contributed by atoms with van der Waals surface area (Å²) < 4.78 is 16.3. The van der Waals surface area contributed by atoms with Gasteiger partial charge in [-0.2, -0.15) is 0 Å². The van der Waals surface area contributed by atoms with Gasteiger partial charge in [0.15, 0.2) is 0 Å². The lowest BCUT2D eigenvalue weighted by molar-refractivity contribution is -0.0346. The maximum Gasteiger partial charge on any atom is 0.419 e. The molecule has 0 N–H and O–H groups in total. The van der Waals surface area contributed by atoms with E-state index in [0.29, 0.717) is 17.0 Å². The lowest BCUT2D eigenvalue weighted by Crippen LogP contribution is -2.28. The van der Waals surface area contributed by atoms with E-state index in [9.17, 15) is 4.79 Å². The van der Waals surface area contributed by atoms with Crippen molar-refractivity contribution in [1.29, 1.82) is 0 Å². The highest BCUT2D eigenvalue weighted by atomic mass is 35.5. The Morgan fingerprint density at radius 2 is 2.05 bits per heavy atom. The number of aryl methyl sites for hydroxylation is 1. The van der Waals surface area contributed by atoms with Crippen molar-refractivity contribution in [2.24, 2.45) is 11.8 Å². The summed E-state index contributed by atoms with van der Waals surface area (Å²) in [4.78, 5) is 26.4. The fourth-order valence-corrected chi connectivity index (χ4v) is 6.74. The molecule has 0 radical (unpaired) electrons. The molecule has 4 atom stereocenters. The summed E-state index contributed by atoms with van der Waals surface area (Å²) in [5.74, 6) is 0.849. The second kappa shape index (κ2) is 9.06. The molecule has 0 bridgehead atoms. The van der Waals surface area contributed by atoms with E-state index in [0.717, 1.165) is 53.4 Å². The van der Waals surface area contributed by atoms with Crippen LogP contribution in [0, 0.1) is 11.8 Å². The summed E-state index contributed by atoms with van der Waals surface area (Å²) in [6, 6.07) is 7.96. The summed E-state index contributed by atoms with van der Waals surface area (Å²) in [5, 5.41) is 1.33. The van der Waals surface area contributed by atoms with Gasteiger partial charge in [-0.1, -0.05) is 11.6 Å². The number of halogens is 1. The number of carbonyl (C=O) groups is 1. The van der Waals surface area contributed by atoms with E-state index in [1.165, 1.54) is 6.33 Å². The quantitative estimate of drug-likeness (QED) is 0.274. The molecule has 6 rings (SSSR count). The van der Waals surface area contributed by atoms with Crippen LogP contribution in [-0.2, 0) is 15.9 Å². The fourth-order valence-electron chi connectivity index (χ4n) is 6.54. The van der Waals surface area contributed by atoms with Gasteiger partial charge in [0.1, 0.15) is 22.7 Å². The van der Waals surface area contributed by atoms with Crippen molar-refractivity contribution in [3.63, 3.8) is 0 Å². The van der Waals surface area contributed by atoms with Crippen molar-refractivity contribution in [2.75, 3.05) is 0 Å². The summed E-state index contributed by atoms with van der Waals surface area (Å²) in [5.41, 5.74) is 2.58. The second-order valence-corrected chi connectivity index (χ2v) is 12.7. The number of nitrogens with zero attached hydrogens (tertiary/aromatic N) is 5. The highest BCUT2D eigenvalue weighted by Gasteiger charge is 2.53. The van der Waals surface area contributed by atoms with Crippen molar-refractivity contribution < 1.29 is 14.3 Å². The molecule has 4 aromatic rings. The van der Waals surface area contributed by atoms with Crippen molar-refractivity contribution in [1.82, 2.24) is 24.1 Å². The van der Waals surface area contributed by atoms with Crippen LogP contribution in [0.2, 0.25) is 5.15 Å². The maximum atomic E-state index is 13.2. The van der Waals surface area contributed by atoms with E-state index in [-0.39, 0.29) is 23.8 Å². The van der Waals surface area contributed by atoms with Gasteiger partial charge in [-0.15, -0.1) is 0 Å². The van der Waals surface area contributed by atoms with Crippen LogP contribution in [0.25, 0.3) is 22.1 Å². The Hall–Kier alpha value is -2.97. The van der Waals surface area contributed by atoms with Gasteiger partial charge in [0.05, 0.1) is 34.2 Å². The van der Waals surface area contributed by atoms with Gasteiger partial charge in [-0.3, -0.25) is 4.98 Å². The van der Waals surface area contributed by atoms with Crippen molar-refractivity contribution in [2.45, 2.75) is 83.6 Å². The molecule has 0 unspecified atom stereocenters. The van der Waals surface area contributed by atoms with Crippen LogP contribution >= 0.6 is 11.6 Å². The number of hydrogen-bond acceptors (Lipinski definition) is 6. The molecular weight excluding hydrogens is 502 g/mol. The molecule has 1 saturated heterocycles. The SMILES string of the molecule is CC(C)(C)OC(=O)n1c(CC[C@H]2C[C@@H](n3ccc4c(Cl)ncnc43)[C@@H]3OC(C)(C)C[C@H]23)cc2ncccc21. The van der Waals surface area contributed by atoms with Crippen molar-refractivity contribution in [3.8, 4) is 0 Å². The van der Waals surface area contributed by atoms with Crippen LogP contribution in [0.1, 0.15) is 65.6 Å². The lowest BCUT2D eigenvalue weighted by atomic mass is 9.85. The lowest BCUT2D eigenvalue weighted by Gasteiger charge is -2.25. The van der Waals surface area contributed by atoms with Crippen LogP contribution in [0.3, 0.4) is 0 Å². The molecule has 0 spiro atoms. The van der Waals surface area contributed by atoms with Gasteiger partial charge in [0.2, 0.25) is 0 Å². The molecule has 8 nitrogen and oxygen atoms in total. The second-order valence-electron chi connectivity index (χ2n) is 12.3. The van der Waals surface area contributed by atoms with Gasteiger partial charge >= 0.3 is 6.09 Å². The average Bonchev–Trinajstić information content (AvgIpc) is 3.56. The zero-order valence-electron chi connectivity index (χ0n) is 22.5. The highest BCUT2D eigenvalue weighted by molar-refractivity contribution is 6.33. The Morgan fingerprint density at radius 3 is 2.84 bits per heavy atom. The first-order valence-corrected chi connectivity index (χ1v) is 13.7. The van der Waals surface area contributed by atoms with Gasteiger partial charge in [0.25, 0.3) is 0 Å². The zero-order valence-corrected chi connectivity index (χ0v) is 23.3. The summed E-state index contributed by atoms with van der Waals surface area (Å²) in [6.07, 6.45) is 8.74. The summed E-state index contributed by atoms with van der Waals surface area (Å²) in [7, 11) is 0. The molecule has 200 valence electrons. The standard InChI is InChI=1S/C29H34ClN5O3/c1-28(2,3)38-27(36)35-18(14-21-22(35)7-6-11-31-21)9-8-17-13-23(24-20(17)15-29(4,5)37-24)34-12-10-19-25(30)32-16-33-26(19)34/h6-7,10-12,14,16-17,20,23-24H,8-9,13,15H2,1-5H3/t17-,20+,23+,24+/m0/s1. The van der Waals surface area contributed by atoms with E-state index in [4.69, 9.17) is 21.1 Å². The Labute approximate surface area is 227 Å². The monoisotopic (exact) mass is 535 g/mol. The third kappa shape index (κ3) is 4.47. The molecule has 9 heteroatoms. The van der Waals surface area contributed by atoms with Crippen molar-refractivity contribution >= 4 is 39.8 Å². The predicted octanol–water partition coefficient (Wildman–Crippen LogP) is 6.60. The van der Waals surface area contributed by atoms with Crippen LogP contribution in [0.5, 0.6) is 0 Å². The fraction of sp³-hybridized carbons (Fsp3) is 0.517. The van der Waals surface area contributed by atoms with E-state index < -0.39 is 5.60 Å². The number of hydrogen-bond donors (Lipinski definition) is 0. The number of rotatable bonds is 4. The summed E-state index contributed by atoms with van der Waals surface area (Å²) >= 11 is 6.35. The first kappa shape index (κ1) is 25.3. The number of aromatic nitrogens is 5. The van der Waals surface area contributed by atoms with Crippen LogP contribution in [0.15, 0.2) is 43.0 Å². The molecule has 1 saturated carbocycles. The summed E-state index contributed by atoms with van der Waals surface area (Å²) in [6.45, 7) is 10.0. The van der Waals surface area contributed by atoms with Crippen LogP contribution < -0.4 is 0 Å². The molecule has 1 aliphatic carbocycles. The number of ether oxygens (including phenoxy) is 2. The Morgan fingerprint density at radius 1 is 1.24 bits per heavy atom. The predicted molar refractivity (Wildman–Crippen MR) is 146 cm³/mol. The normalized spacial score (nSPS) is 24.8. The van der Waals surface area contributed by atoms with E-state index in [2.05, 4.69) is 39.6 Å². The van der Waals surface area contributed by atoms with Gasteiger partial charge in [-0.25, -0.2) is 19.3 Å². The molecule has 38 heavy (non-hydrogen) atoms. The third-order valence-corrected chi connectivity index (χ3v) is 8.25. The van der Waals surface area contributed by atoms with Crippen molar-refractivity contribution in [3.05, 3.63) is 53.8 Å². The Balaban J connectivity index is 1.30. The minimum Gasteiger partial charge on any atom is -0.443 e. The van der Waals surface area contributed by atoms with E-state index in [1.807, 2.05) is 45.0 Å². The molecule has 0 amide bonds. The number of fused-ring (bicyclic) bond motifs is 3.